The number of hydrogen-bond donors (Lipinski definition) is 0. The second-order valence-electron chi connectivity index (χ2n) is 9.14. The van der Waals surface area contributed by atoms with E-state index in [4.69, 9.17) is 21.9 Å². The van der Waals surface area contributed by atoms with E-state index < -0.39 is 0 Å². The van der Waals surface area contributed by atoms with E-state index in [1.54, 1.807) is 30.3 Å². The van der Waals surface area contributed by atoms with Crippen LogP contribution < -0.4 is 15.2 Å². The predicted octanol–water partition coefficient (Wildman–Crippen LogP) is 4.67. The maximum absolute atomic E-state index is 13.7. The van der Waals surface area contributed by atoms with Crippen LogP contribution in [0.3, 0.4) is 0 Å². The number of rotatable bonds is 5. The Morgan fingerprint density at radius 1 is 1.03 bits per heavy atom. The van der Waals surface area contributed by atoms with Crippen molar-refractivity contribution < 1.29 is 9.53 Å². The number of aromatic nitrogens is 2. The Kier molecular flexibility index (Phi) is 6.47. The van der Waals surface area contributed by atoms with Crippen molar-refractivity contribution in [3.63, 3.8) is 0 Å². The highest BCUT2D eigenvalue weighted by atomic mass is 32.2. The average Bonchev–Trinajstić information content (AvgIpc) is 3.21. The molecule has 2 aromatic carbocycles. The van der Waals surface area contributed by atoms with Crippen molar-refractivity contribution in [3.8, 4) is 5.75 Å². The summed E-state index contributed by atoms with van der Waals surface area (Å²) in [6, 6.07) is 21.3. The van der Waals surface area contributed by atoms with E-state index in [1.807, 2.05) is 42.5 Å². The SMILES string of the molecule is COc1ccc(CN2C(=O)/C(=C\c3c(N4CCc5ccccc5C4)nc4ccccn4c3=O)SC2=S)cc1. The van der Waals surface area contributed by atoms with E-state index in [9.17, 15) is 9.59 Å². The van der Waals surface area contributed by atoms with E-state index in [2.05, 4.69) is 23.1 Å². The van der Waals surface area contributed by atoms with Crippen LogP contribution in [-0.2, 0) is 24.3 Å². The fraction of sp³-hybridized carbons (Fsp3) is 0.172. The summed E-state index contributed by atoms with van der Waals surface area (Å²) >= 11 is 6.77. The summed E-state index contributed by atoms with van der Waals surface area (Å²) in [6.45, 7) is 1.72. The van der Waals surface area contributed by atoms with Crippen LogP contribution in [0.15, 0.2) is 82.6 Å². The van der Waals surface area contributed by atoms with E-state index >= 15 is 0 Å². The van der Waals surface area contributed by atoms with Crippen LogP contribution in [0.1, 0.15) is 22.3 Å². The Bertz CT molecular complexity index is 1660. The Hall–Kier alpha value is -3.95. The van der Waals surface area contributed by atoms with Gasteiger partial charge in [-0.25, -0.2) is 4.98 Å². The Morgan fingerprint density at radius 2 is 1.79 bits per heavy atom. The van der Waals surface area contributed by atoms with Crippen LogP contribution in [0.4, 0.5) is 5.82 Å². The molecule has 0 bridgehead atoms. The molecule has 0 aliphatic carbocycles. The Balaban J connectivity index is 1.38. The number of thioether (sulfide) groups is 1. The minimum atomic E-state index is -0.219. The lowest BCUT2D eigenvalue weighted by Gasteiger charge is -2.30. The molecule has 0 unspecified atom stereocenters. The van der Waals surface area contributed by atoms with E-state index in [-0.39, 0.29) is 11.5 Å². The van der Waals surface area contributed by atoms with Gasteiger partial charge in [-0.05, 0) is 53.5 Å². The number of methoxy groups -OCH3 is 1. The highest BCUT2D eigenvalue weighted by molar-refractivity contribution is 8.26. The number of ether oxygens (including phenoxy) is 1. The fourth-order valence-corrected chi connectivity index (χ4v) is 6.05. The van der Waals surface area contributed by atoms with Gasteiger partial charge >= 0.3 is 0 Å². The monoisotopic (exact) mass is 540 g/mol. The Morgan fingerprint density at radius 3 is 2.58 bits per heavy atom. The third kappa shape index (κ3) is 4.48. The summed E-state index contributed by atoms with van der Waals surface area (Å²) in [7, 11) is 1.61. The maximum atomic E-state index is 13.7. The third-order valence-corrected chi connectivity index (χ3v) is 8.21. The molecule has 4 heterocycles. The predicted molar refractivity (Wildman–Crippen MR) is 154 cm³/mol. The van der Waals surface area contributed by atoms with Gasteiger partial charge in [0.1, 0.15) is 21.5 Å². The second kappa shape index (κ2) is 10.1. The number of carbonyl (C=O) groups is 1. The molecular formula is C29H24N4O3S2. The Labute approximate surface area is 229 Å². The number of carbonyl (C=O) groups excluding carboxylic acids is 1. The number of hydrogen-bond acceptors (Lipinski definition) is 7. The van der Waals surface area contributed by atoms with E-state index in [1.165, 1.54) is 27.3 Å². The van der Waals surface area contributed by atoms with Gasteiger partial charge in [-0.2, -0.15) is 0 Å². The number of pyridine rings is 1. The molecule has 7 nitrogen and oxygen atoms in total. The first-order valence-electron chi connectivity index (χ1n) is 12.2. The minimum absolute atomic E-state index is 0.218. The molecule has 1 fully saturated rings. The fourth-order valence-electron chi connectivity index (χ4n) is 4.82. The van der Waals surface area contributed by atoms with Gasteiger partial charge in [0.05, 0.1) is 24.1 Å². The molecule has 2 aromatic heterocycles. The maximum Gasteiger partial charge on any atom is 0.267 e. The van der Waals surface area contributed by atoms with Crippen LogP contribution in [-0.4, -0.2) is 38.2 Å². The lowest BCUT2D eigenvalue weighted by molar-refractivity contribution is -0.122. The van der Waals surface area contributed by atoms with Crippen molar-refractivity contribution >= 4 is 51.7 Å². The zero-order valence-corrected chi connectivity index (χ0v) is 22.3. The van der Waals surface area contributed by atoms with Gasteiger partial charge in [0.25, 0.3) is 11.5 Å². The summed E-state index contributed by atoms with van der Waals surface area (Å²) in [5.74, 6) is 1.11. The van der Waals surface area contributed by atoms with Gasteiger partial charge in [0.15, 0.2) is 0 Å². The quantitative estimate of drug-likeness (QED) is 0.269. The number of thiocarbonyl (C=S) groups is 1. The van der Waals surface area contributed by atoms with Crippen LogP contribution in [0.25, 0.3) is 11.7 Å². The first-order chi connectivity index (χ1) is 18.5. The summed E-state index contributed by atoms with van der Waals surface area (Å²) in [5.41, 5.74) is 4.19. The first kappa shape index (κ1) is 24.4. The molecule has 0 saturated carbocycles. The number of amides is 1. The van der Waals surface area contributed by atoms with Crippen molar-refractivity contribution in [2.45, 2.75) is 19.5 Å². The van der Waals surface area contributed by atoms with Crippen molar-refractivity contribution in [1.29, 1.82) is 0 Å². The molecule has 38 heavy (non-hydrogen) atoms. The van der Waals surface area contributed by atoms with Crippen LogP contribution in [0.5, 0.6) is 5.75 Å². The normalized spacial score (nSPS) is 16.4. The lowest BCUT2D eigenvalue weighted by Crippen LogP contribution is -2.34. The number of benzene rings is 2. The van der Waals surface area contributed by atoms with Gasteiger partial charge < -0.3 is 9.64 Å². The number of nitrogens with zero attached hydrogens (tertiary/aromatic N) is 4. The molecule has 1 amide bonds. The van der Waals surface area contributed by atoms with Crippen molar-refractivity contribution in [2.24, 2.45) is 0 Å². The van der Waals surface area contributed by atoms with Crippen LogP contribution >= 0.6 is 24.0 Å². The molecule has 0 N–H and O–H groups in total. The molecule has 0 spiro atoms. The lowest BCUT2D eigenvalue weighted by atomic mass is 9.99. The second-order valence-corrected chi connectivity index (χ2v) is 10.8. The molecular weight excluding hydrogens is 516 g/mol. The first-order valence-corrected chi connectivity index (χ1v) is 13.5. The van der Waals surface area contributed by atoms with Crippen molar-refractivity contribution in [3.05, 3.63) is 110 Å². The summed E-state index contributed by atoms with van der Waals surface area (Å²) < 4.78 is 7.20. The molecule has 4 aromatic rings. The summed E-state index contributed by atoms with van der Waals surface area (Å²) in [4.78, 5) is 36.2. The van der Waals surface area contributed by atoms with Crippen LogP contribution in [0, 0.1) is 0 Å². The van der Waals surface area contributed by atoms with E-state index in [0.29, 0.717) is 39.3 Å². The van der Waals surface area contributed by atoms with Gasteiger partial charge in [-0.1, -0.05) is 66.4 Å². The number of anilines is 1. The van der Waals surface area contributed by atoms with Gasteiger partial charge in [0.2, 0.25) is 0 Å². The molecule has 6 rings (SSSR count). The minimum Gasteiger partial charge on any atom is -0.497 e. The average molecular weight is 541 g/mol. The third-order valence-electron chi connectivity index (χ3n) is 6.83. The van der Waals surface area contributed by atoms with Gasteiger partial charge in [-0.3, -0.25) is 18.9 Å². The highest BCUT2D eigenvalue weighted by Gasteiger charge is 2.33. The van der Waals surface area contributed by atoms with E-state index in [0.717, 1.165) is 24.3 Å². The smallest absolute Gasteiger partial charge is 0.267 e. The molecule has 0 atom stereocenters. The molecule has 2 aliphatic rings. The highest BCUT2D eigenvalue weighted by Crippen LogP contribution is 2.35. The summed E-state index contributed by atoms with van der Waals surface area (Å²) in [6.07, 6.45) is 4.22. The zero-order chi connectivity index (χ0) is 26.2. The van der Waals surface area contributed by atoms with Crippen molar-refractivity contribution in [2.75, 3.05) is 18.6 Å². The summed E-state index contributed by atoms with van der Waals surface area (Å²) in [5, 5.41) is 0. The molecule has 9 heteroatoms. The standard InChI is InChI=1S/C29H24N4O3S2/c1-36-22-11-9-19(10-12-22)17-33-28(35)24(38-29(33)37)16-23-26(30-25-8-4-5-14-32(25)27(23)34)31-15-13-20-6-2-3-7-21(20)18-31/h2-12,14,16H,13,15,17-18H2,1H3/b24-16+. The van der Waals surface area contributed by atoms with Gasteiger partial charge in [0, 0.05) is 19.3 Å². The largest absolute Gasteiger partial charge is 0.497 e. The molecule has 0 radical (unpaired) electrons. The topological polar surface area (TPSA) is 67.2 Å². The molecule has 2 aliphatic heterocycles. The van der Waals surface area contributed by atoms with Crippen molar-refractivity contribution in [1.82, 2.24) is 14.3 Å². The van der Waals surface area contributed by atoms with Crippen LogP contribution in [0.2, 0.25) is 0 Å². The zero-order valence-electron chi connectivity index (χ0n) is 20.7. The molecule has 190 valence electrons. The molecule has 1 saturated heterocycles. The number of fused-ring (bicyclic) bond motifs is 2. The van der Waals surface area contributed by atoms with Gasteiger partial charge in [-0.15, -0.1) is 0 Å².